The molecule has 3 rings (SSSR count). The minimum Gasteiger partial charge on any atom is -0.486 e. The minimum atomic E-state index is -3.51. The van der Waals surface area contributed by atoms with Crippen LogP contribution in [0.4, 0.5) is 0 Å². The number of rotatable bonds is 5. The van der Waals surface area contributed by atoms with Crippen molar-refractivity contribution in [2.24, 2.45) is 0 Å². The lowest BCUT2D eigenvalue weighted by atomic mass is 10.2. The lowest BCUT2D eigenvalue weighted by Crippen LogP contribution is -2.34. The molecule has 0 amide bonds. The van der Waals surface area contributed by atoms with Gasteiger partial charge in [0.25, 0.3) is 10.1 Å². The van der Waals surface area contributed by atoms with Gasteiger partial charge in [-0.05, 0) is 24.3 Å². The Morgan fingerprint density at radius 2 is 1.87 bits per heavy atom. The maximum atomic E-state index is 11.0. The molecule has 0 aromatic heterocycles. The summed E-state index contributed by atoms with van der Waals surface area (Å²) >= 11 is 0. The number of fused-ring (bicyclic) bond motifs is 1. The van der Waals surface area contributed by atoms with Crippen molar-refractivity contribution in [2.75, 3.05) is 19.5 Å². The van der Waals surface area contributed by atoms with Crippen LogP contribution in [0.15, 0.2) is 48.5 Å². The van der Waals surface area contributed by atoms with E-state index < -0.39 is 16.2 Å². The Kier molecular flexibility index (Phi) is 4.40. The number of hydrogen-bond acceptors (Lipinski definition) is 6. The molecule has 0 N–H and O–H groups in total. The summed E-state index contributed by atoms with van der Waals surface area (Å²) in [5, 5.41) is 0. The van der Waals surface area contributed by atoms with E-state index in [0.29, 0.717) is 23.0 Å². The molecular weight excluding hydrogens is 320 g/mol. The van der Waals surface area contributed by atoms with Crippen molar-refractivity contribution < 1.29 is 26.8 Å². The van der Waals surface area contributed by atoms with Gasteiger partial charge in [0.2, 0.25) is 0 Å². The van der Waals surface area contributed by atoms with E-state index in [-0.39, 0.29) is 13.2 Å². The molecule has 122 valence electrons. The highest BCUT2D eigenvalue weighted by atomic mass is 32.2. The van der Waals surface area contributed by atoms with Crippen LogP contribution in [0.5, 0.6) is 23.0 Å². The molecule has 2 aromatic rings. The van der Waals surface area contributed by atoms with Crippen molar-refractivity contribution in [2.45, 2.75) is 6.10 Å². The lowest BCUT2D eigenvalue weighted by Gasteiger charge is -2.26. The fraction of sp³-hybridized carbons (Fsp3) is 0.250. The molecular formula is C16H16O6S. The van der Waals surface area contributed by atoms with Gasteiger partial charge in [-0.2, -0.15) is 8.42 Å². The van der Waals surface area contributed by atoms with Crippen molar-refractivity contribution in [3.63, 3.8) is 0 Å². The van der Waals surface area contributed by atoms with Crippen LogP contribution in [0.2, 0.25) is 0 Å². The smallest absolute Gasteiger partial charge is 0.264 e. The van der Waals surface area contributed by atoms with E-state index in [1.165, 1.54) is 0 Å². The summed E-state index contributed by atoms with van der Waals surface area (Å²) in [4.78, 5) is 0. The molecule has 1 unspecified atom stereocenters. The van der Waals surface area contributed by atoms with Crippen LogP contribution >= 0.6 is 0 Å². The lowest BCUT2D eigenvalue weighted by molar-refractivity contribution is 0.0555. The Balaban J connectivity index is 1.70. The fourth-order valence-corrected chi connectivity index (χ4v) is 2.46. The highest BCUT2D eigenvalue weighted by molar-refractivity contribution is 7.85. The maximum Gasteiger partial charge on any atom is 0.264 e. The second-order valence-electron chi connectivity index (χ2n) is 5.06. The van der Waals surface area contributed by atoms with Crippen LogP contribution in [0, 0.1) is 0 Å². The molecule has 0 saturated heterocycles. The Morgan fingerprint density at radius 1 is 1.09 bits per heavy atom. The van der Waals surface area contributed by atoms with E-state index in [9.17, 15) is 8.42 Å². The average molecular weight is 336 g/mol. The third-order valence-electron chi connectivity index (χ3n) is 3.08. The topological polar surface area (TPSA) is 71.1 Å². The first-order valence-electron chi connectivity index (χ1n) is 7.00. The van der Waals surface area contributed by atoms with E-state index in [2.05, 4.69) is 0 Å². The Bertz CT molecular complexity index is 772. The second-order valence-corrected chi connectivity index (χ2v) is 6.71. The van der Waals surface area contributed by atoms with E-state index in [4.69, 9.17) is 18.4 Å². The van der Waals surface area contributed by atoms with Crippen LogP contribution < -0.4 is 14.2 Å². The maximum absolute atomic E-state index is 11.0. The summed E-state index contributed by atoms with van der Waals surface area (Å²) in [5.74, 6) is 2.39. The number of benzene rings is 2. The van der Waals surface area contributed by atoms with Gasteiger partial charge in [-0.25, -0.2) is 0 Å². The highest BCUT2D eigenvalue weighted by Gasteiger charge is 2.23. The van der Waals surface area contributed by atoms with Crippen molar-refractivity contribution in [3.05, 3.63) is 48.5 Å². The standard InChI is InChI=1S/C16H16O6S/c1-23(17,18)20-11-14-10-19-15-8-7-13(9-16(15)22-14)21-12-5-3-2-4-6-12/h2-9,14H,10-11H2,1H3. The Morgan fingerprint density at radius 3 is 2.61 bits per heavy atom. The van der Waals surface area contributed by atoms with Crippen molar-refractivity contribution in [1.29, 1.82) is 0 Å². The summed E-state index contributed by atoms with van der Waals surface area (Å²) in [6.07, 6.45) is 0.500. The monoisotopic (exact) mass is 336 g/mol. The van der Waals surface area contributed by atoms with Crippen LogP contribution in [0.3, 0.4) is 0 Å². The molecule has 0 spiro atoms. The van der Waals surface area contributed by atoms with Crippen molar-refractivity contribution in [1.82, 2.24) is 0 Å². The molecule has 0 aliphatic carbocycles. The summed E-state index contributed by atoms with van der Waals surface area (Å²) in [6, 6.07) is 14.6. The summed E-state index contributed by atoms with van der Waals surface area (Å²) in [7, 11) is -3.51. The zero-order chi connectivity index (χ0) is 16.3. The van der Waals surface area contributed by atoms with Crippen molar-refractivity contribution in [3.8, 4) is 23.0 Å². The molecule has 23 heavy (non-hydrogen) atoms. The molecule has 0 radical (unpaired) electrons. The predicted octanol–water partition coefficient (Wildman–Crippen LogP) is 2.59. The average Bonchev–Trinajstić information content (AvgIpc) is 2.53. The summed E-state index contributed by atoms with van der Waals surface area (Å²) in [6.45, 7) is 0.128. The summed E-state index contributed by atoms with van der Waals surface area (Å²) in [5.41, 5.74) is 0. The number of hydrogen-bond donors (Lipinski definition) is 0. The van der Waals surface area contributed by atoms with Gasteiger partial charge in [-0.1, -0.05) is 18.2 Å². The van der Waals surface area contributed by atoms with Crippen LogP contribution in [-0.4, -0.2) is 34.0 Å². The largest absolute Gasteiger partial charge is 0.486 e. The molecule has 0 bridgehead atoms. The minimum absolute atomic E-state index is 0.0952. The van der Waals surface area contributed by atoms with Gasteiger partial charge < -0.3 is 14.2 Å². The first-order valence-corrected chi connectivity index (χ1v) is 8.82. The van der Waals surface area contributed by atoms with Gasteiger partial charge >= 0.3 is 0 Å². The quantitative estimate of drug-likeness (QED) is 0.782. The molecule has 1 atom stereocenters. The molecule has 0 fully saturated rings. The SMILES string of the molecule is CS(=O)(=O)OCC1COc2ccc(Oc3ccccc3)cc2O1. The summed E-state index contributed by atoms with van der Waals surface area (Å²) < 4.78 is 43.8. The molecule has 1 heterocycles. The molecule has 0 saturated carbocycles. The molecule has 6 nitrogen and oxygen atoms in total. The van der Waals surface area contributed by atoms with Gasteiger partial charge in [-0.15, -0.1) is 0 Å². The van der Waals surface area contributed by atoms with Crippen molar-refractivity contribution >= 4 is 10.1 Å². The van der Waals surface area contributed by atoms with Gasteiger partial charge in [0.1, 0.15) is 24.7 Å². The predicted molar refractivity (Wildman–Crippen MR) is 83.7 cm³/mol. The van der Waals surface area contributed by atoms with Gasteiger partial charge in [0.05, 0.1) is 6.26 Å². The molecule has 1 aliphatic heterocycles. The third kappa shape index (κ3) is 4.37. The van der Waals surface area contributed by atoms with Crippen LogP contribution in [-0.2, 0) is 14.3 Å². The second kappa shape index (κ2) is 6.47. The van der Waals surface area contributed by atoms with E-state index >= 15 is 0 Å². The number of ether oxygens (including phenoxy) is 3. The highest BCUT2D eigenvalue weighted by Crippen LogP contribution is 2.36. The Labute approximate surface area is 134 Å². The van der Waals surface area contributed by atoms with Gasteiger partial charge in [-0.3, -0.25) is 4.18 Å². The zero-order valence-electron chi connectivity index (χ0n) is 12.5. The van der Waals surface area contributed by atoms with Gasteiger partial charge in [0.15, 0.2) is 17.6 Å². The van der Waals surface area contributed by atoms with Gasteiger partial charge in [0, 0.05) is 6.07 Å². The molecule has 1 aliphatic rings. The van der Waals surface area contributed by atoms with Crippen LogP contribution in [0.25, 0.3) is 0 Å². The van der Waals surface area contributed by atoms with E-state index in [1.807, 2.05) is 30.3 Å². The van der Waals surface area contributed by atoms with E-state index in [1.54, 1.807) is 18.2 Å². The zero-order valence-corrected chi connectivity index (χ0v) is 13.3. The number of para-hydroxylation sites is 1. The fourth-order valence-electron chi connectivity index (χ4n) is 2.07. The first kappa shape index (κ1) is 15.6. The van der Waals surface area contributed by atoms with E-state index in [0.717, 1.165) is 6.26 Å². The molecule has 7 heteroatoms. The third-order valence-corrected chi connectivity index (χ3v) is 3.64. The molecule has 2 aromatic carbocycles. The normalized spacial score (nSPS) is 16.8. The van der Waals surface area contributed by atoms with Crippen LogP contribution in [0.1, 0.15) is 0 Å². The first-order chi connectivity index (χ1) is 11.0. The Hall–Kier alpha value is -2.25.